The van der Waals surface area contributed by atoms with Crippen molar-refractivity contribution in [1.29, 1.82) is 0 Å². The van der Waals surface area contributed by atoms with Crippen LogP contribution in [0.2, 0.25) is 0 Å². The van der Waals surface area contributed by atoms with E-state index in [1.54, 1.807) is 0 Å². The van der Waals surface area contributed by atoms with Gasteiger partial charge in [-0.25, -0.2) is 0 Å². The highest BCUT2D eigenvalue weighted by atomic mass is 16.3. The van der Waals surface area contributed by atoms with Crippen LogP contribution in [0.15, 0.2) is 30.3 Å². The van der Waals surface area contributed by atoms with Gasteiger partial charge in [-0.3, -0.25) is 0 Å². The van der Waals surface area contributed by atoms with E-state index in [0.29, 0.717) is 6.54 Å². The maximum Gasteiger partial charge on any atom is 0.0553 e. The molecule has 0 fully saturated rings. The summed E-state index contributed by atoms with van der Waals surface area (Å²) in [5.41, 5.74) is 5.97. The van der Waals surface area contributed by atoms with E-state index in [4.69, 9.17) is 15.9 Å². The van der Waals surface area contributed by atoms with Crippen LogP contribution in [0.25, 0.3) is 0 Å². The van der Waals surface area contributed by atoms with Crippen molar-refractivity contribution in [3.05, 3.63) is 35.9 Å². The fourth-order valence-electron chi connectivity index (χ4n) is 0.774. The Kier molecular flexibility index (Phi) is 8.55. The van der Waals surface area contributed by atoms with Crippen molar-refractivity contribution in [2.45, 2.75) is 6.42 Å². The van der Waals surface area contributed by atoms with Crippen LogP contribution in [0, 0.1) is 0 Å². The third-order valence-corrected chi connectivity index (χ3v) is 1.37. The van der Waals surface area contributed by atoms with Gasteiger partial charge >= 0.3 is 0 Å². The molecule has 0 radical (unpaired) electrons. The van der Waals surface area contributed by atoms with Gasteiger partial charge in [-0.05, 0) is 12.0 Å². The van der Waals surface area contributed by atoms with E-state index in [1.807, 2.05) is 30.3 Å². The summed E-state index contributed by atoms with van der Waals surface area (Å²) >= 11 is 0. The van der Waals surface area contributed by atoms with Crippen LogP contribution in [0.1, 0.15) is 5.56 Å². The Balaban J connectivity index is 0.000000310. The minimum atomic E-state index is 0.0972. The second-order valence-corrected chi connectivity index (χ2v) is 2.47. The van der Waals surface area contributed by atoms with Crippen LogP contribution in [0.4, 0.5) is 0 Å². The van der Waals surface area contributed by atoms with Gasteiger partial charge in [0.05, 0.1) is 6.61 Å². The highest BCUT2D eigenvalue weighted by molar-refractivity contribution is 5.14. The van der Waals surface area contributed by atoms with Crippen molar-refractivity contribution in [3.8, 4) is 0 Å². The lowest BCUT2D eigenvalue weighted by atomic mass is 10.2. The Morgan fingerprint density at radius 3 is 1.92 bits per heavy atom. The summed E-state index contributed by atoms with van der Waals surface area (Å²) < 4.78 is 0. The van der Waals surface area contributed by atoms with Crippen molar-refractivity contribution >= 4 is 0 Å². The number of aliphatic hydroxyl groups is 2. The smallest absolute Gasteiger partial charge is 0.0553 e. The minimum Gasteiger partial charge on any atom is -0.396 e. The first-order valence-corrected chi connectivity index (χ1v) is 4.30. The maximum absolute atomic E-state index is 8.52. The molecule has 0 aliphatic heterocycles. The highest BCUT2D eigenvalue weighted by Crippen LogP contribution is 1.97. The average Bonchev–Trinajstić information content (AvgIpc) is 2.20. The molecule has 0 unspecified atom stereocenters. The normalized spacial score (nSPS) is 8.85. The topological polar surface area (TPSA) is 66.5 Å². The molecule has 3 nitrogen and oxygen atoms in total. The fraction of sp³-hybridized carbons (Fsp3) is 0.400. The molecular formula is C10H17NO2. The van der Waals surface area contributed by atoms with Gasteiger partial charge in [0.1, 0.15) is 0 Å². The van der Waals surface area contributed by atoms with E-state index in [1.165, 1.54) is 5.56 Å². The van der Waals surface area contributed by atoms with Gasteiger partial charge in [-0.1, -0.05) is 30.3 Å². The van der Waals surface area contributed by atoms with Crippen LogP contribution in [0.3, 0.4) is 0 Å². The lowest BCUT2D eigenvalue weighted by Gasteiger charge is -1.93. The van der Waals surface area contributed by atoms with Crippen LogP contribution >= 0.6 is 0 Å². The molecule has 0 heterocycles. The molecule has 13 heavy (non-hydrogen) atoms. The number of hydrogen-bond acceptors (Lipinski definition) is 3. The molecule has 3 heteroatoms. The molecule has 0 aliphatic carbocycles. The molecule has 0 saturated heterocycles. The predicted molar refractivity (Wildman–Crippen MR) is 53.4 cm³/mol. The minimum absolute atomic E-state index is 0.0972. The van der Waals surface area contributed by atoms with Gasteiger partial charge in [0.25, 0.3) is 0 Å². The summed E-state index contributed by atoms with van der Waals surface area (Å²) in [5.74, 6) is 0. The number of aliphatic hydroxyl groups excluding tert-OH is 2. The highest BCUT2D eigenvalue weighted by Gasteiger charge is 1.85. The molecule has 0 bridgehead atoms. The molecule has 0 saturated carbocycles. The van der Waals surface area contributed by atoms with Crippen molar-refractivity contribution in [1.82, 2.24) is 0 Å². The van der Waals surface area contributed by atoms with E-state index < -0.39 is 0 Å². The Bertz CT molecular complexity index is 187. The van der Waals surface area contributed by atoms with E-state index in [9.17, 15) is 0 Å². The third-order valence-electron chi connectivity index (χ3n) is 1.37. The first-order chi connectivity index (χ1) is 6.35. The zero-order valence-electron chi connectivity index (χ0n) is 7.69. The summed E-state index contributed by atoms with van der Waals surface area (Å²) in [6, 6.07) is 9.95. The summed E-state index contributed by atoms with van der Waals surface area (Å²) in [4.78, 5) is 0. The van der Waals surface area contributed by atoms with Gasteiger partial charge < -0.3 is 15.9 Å². The quantitative estimate of drug-likeness (QED) is 0.625. The van der Waals surface area contributed by atoms with Gasteiger partial charge in [-0.2, -0.15) is 0 Å². The molecule has 4 N–H and O–H groups in total. The summed E-state index contributed by atoms with van der Waals surface area (Å²) in [6.07, 6.45) is 0.765. The Morgan fingerprint density at radius 1 is 1.00 bits per heavy atom. The zero-order chi connectivity index (χ0) is 9.94. The predicted octanol–water partition coefficient (Wildman–Crippen LogP) is 0.159. The molecule has 74 valence electrons. The molecule has 0 aromatic heterocycles. The summed E-state index contributed by atoms with van der Waals surface area (Å²) in [7, 11) is 0. The maximum atomic E-state index is 8.52. The lowest BCUT2D eigenvalue weighted by Crippen LogP contribution is -2.02. The summed E-state index contributed by atoms with van der Waals surface area (Å²) in [5, 5.41) is 16.3. The second kappa shape index (κ2) is 9.19. The van der Waals surface area contributed by atoms with Crippen LogP contribution in [-0.2, 0) is 6.42 Å². The van der Waals surface area contributed by atoms with E-state index in [2.05, 4.69) is 0 Å². The number of hydrogen-bond donors (Lipinski definition) is 3. The van der Waals surface area contributed by atoms with Crippen molar-refractivity contribution in [2.75, 3.05) is 19.8 Å². The van der Waals surface area contributed by atoms with Gasteiger partial charge in [0.15, 0.2) is 0 Å². The zero-order valence-corrected chi connectivity index (χ0v) is 7.69. The summed E-state index contributed by atoms with van der Waals surface area (Å²) in [6.45, 7) is 0.712. The van der Waals surface area contributed by atoms with E-state index in [0.717, 1.165) is 6.42 Å². The van der Waals surface area contributed by atoms with Crippen LogP contribution in [-0.4, -0.2) is 30.0 Å². The van der Waals surface area contributed by atoms with Gasteiger partial charge in [0.2, 0.25) is 0 Å². The number of benzene rings is 1. The Hall–Kier alpha value is -0.900. The van der Waals surface area contributed by atoms with Crippen molar-refractivity contribution in [3.63, 3.8) is 0 Å². The molecule has 0 atom stereocenters. The van der Waals surface area contributed by atoms with E-state index >= 15 is 0 Å². The second-order valence-electron chi connectivity index (χ2n) is 2.47. The molecular weight excluding hydrogens is 166 g/mol. The van der Waals surface area contributed by atoms with Gasteiger partial charge in [0, 0.05) is 13.2 Å². The Morgan fingerprint density at radius 2 is 1.54 bits per heavy atom. The first-order valence-electron chi connectivity index (χ1n) is 4.30. The molecule has 0 spiro atoms. The van der Waals surface area contributed by atoms with Crippen LogP contribution in [0.5, 0.6) is 0 Å². The molecule has 0 amide bonds. The Labute approximate surface area is 78.8 Å². The van der Waals surface area contributed by atoms with Crippen molar-refractivity contribution in [2.24, 2.45) is 5.73 Å². The van der Waals surface area contributed by atoms with E-state index in [-0.39, 0.29) is 13.2 Å². The largest absolute Gasteiger partial charge is 0.396 e. The number of rotatable bonds is 3. The molecule has 1 aromatic carbocycles. The fourth-order valence-corrected chi connectivity index (χ4v) is 0.774. The lowest BCUT2D eigenvalue weighted by molar-refractivity contribution is 0.299. The van der Waals surface area contributed by atoms with Gasteiger partial charge in [-0.15, -0.1) is 0 Å². The molecule has 1 rings (SSSR count). The average molecular weight is 183 g/mol. The van der Waals surface area contributed by atoms with Crippen LogP contribution < -0.4 is 5.73 Å². The molecule has 0 aliphatic rings. The monoisotopic (exact) mass is 183 g/mol. The number of nitrogens with two attached hydrogens (primary N) is 1. The third kappa shape index (κ3) is 7.46. The van der Waals surface area contributed by atoms with Crippen molar-refractivity contribution < 1.29 is 10.2 Å². The first kappa shape index (κ1) is 12.1. The molecule has 1 aromatic rings. The SMILES string of the molecule is NCCO.OCCc1ccccc1. The standard InChI is InChI=1S/C8H10O.C2H7NO/c9-7-6-8-4-2-1-3-5-8;3-1-2-4/h1-5,9H,6-7H2;4H,1-3H2.